The summed E-state index contributed by atoms with van der Waals surface area (Å²) in [5.74, 6) is -0.357. The molecule has 0 aliphatic heterocycles. The summed E-state index contributed by atoms with van der Waals surface area (Å²) in [5, 5.41) is 0.864. The van der Waals surface area contributed by atoms with Crippen molar-refractivity contribution in [2.45, 2.75) is 71.8 Å². The molecule has 1 aromatic heterocycles. The van der Waals surface area contributed by atoms with E-state index in [0.29, 0.717) is 31.2 Å². The number of nitrogens with zero attached hydrogens (tertiary/aromatic N) is 2. The summed E-state index contributed by atoms with van der Waals surface area (Å²) in [6.07, 6.45) is 6.48. The van der Waals surface area contributed by atoms with Gasteiger partial charge in [0.05, 0.1) is 18.4 Å². The Labute approximate surface area is 200 Å². The summed E-state index contributed by atoms with van der Waals surface area (Å²) < 4.78 is 7.95. The molecular formula is C26H36N3O5+. The number of carbonyl (C=O) groups is 3. The molecule has 4 rings (SSSR count). The van der Waals surface area contributed by atoms with Crippen molar-refractivity contribution in [2.75, 3.05) is 19.7 Å². The van der Waals surface area contributed by atoms with Crippen molar-refractivity contribution in [3.05, 3.63) is 29.5 Å². The zero-order valence-electron chi connectivity index (χ0n) is 20.5. The molecule has 0 spiro atoms. The summed E-state index contributed by atoms with van der Waals surface area (Å²) in [5.41, 5.74) is 8.90. The molecule has 1 saturated carbocycles. The normalized spacial score (nSPS) is 18.3. The van der Waals surface area contributed by atoms with Gasteiger partial charge in [0.25, 0.3) is 0 Å². The first-order valence-electron chi connectivity index (χ1n) is 12.5. The standard InChI is InChI=1S/C26H35N3O5/c1-4-29(5-2,17(3)30)34-23(31)16-33-22-12-8-11-20-25(22)24-19(26(27)32)13-14-21(24)28(20)15-18-9-6-7-10-18/h8,11-12,18-19H,4-7,9-10,13-16H2,1-3H3,(H-,27,32)/p+1. The van der Waals surface area contributed by atoms with Crippen molar-refractivity contribution in [1.29, 1.82) is 0 Å². The van der Waals surface area contributed by atoms with Crippen molar-refractivity contribution in [3.8, 4) is 5.75 Å². The van der Waals surface area contributed by atoms with Gasteiger partial charge in [-0.25, -0.2) is 9.59 Å². The summed E-state index contributed by atoms with van der Waals surface area (Å²) in [4.78, 5) is 42.5. The van der Waals surface area contributed by atoms with Crippen LogP contribution in [-0.4, -0.2) is 46.7 Å². The average molecular weight is 471 g/mol. The fraction of sp³-hybridized carbons (Fsp3) is 0.577. The Kier molecular flexibility index (Phi) is 6.98. The van der Waals surface area contributed by atoms with Crippen molar-refractivity contribution >= 4 is 28.7 Å². The Bertz CT molecular complexity index is 1100. The SMILES string of the molecule is CC[N+](CC)(OC(=O)COc1cccc2c1c1c(n2CC2CCCC2)CCC1C(N)=O)C(C)=O. The second kappa shape index (κ2) is 9.78. The highest BCUT2D eigenvalue weighted by atomic mass is 16.8. The van der Waals surface area contributed by atoms with E-state index in [1.807, 2.05) is 12.1 Å². The Morgan fingerprint density at radius 3 is 2.44 bits per heavy atom. The third-order valence-corrected chi connectivity index (χ3v) is 7.70. The van der Waals surface area contributed by atoms with Gasteiger partial charge in [-0.3, -0.25) is 9.63 Å². The first-order valence-corrected chi connectivity index (χ1v) is 12.5. The number of rotatable bonds is 8. The Balaban J connectivity index is 1.65. The highest BCUT2D eigenvalue weighted by Gasteiger charge is 2.37. The quantitative estimate of drug-likeness (QED) is 0.469. The van der Waals surface area contributed by atoms with Crippen LogP contribution in [0.3, 0.4) is 0 Å². The fourth-order valence-corrected chi connectivity index (χ4v) is 5.81. The molecule has 1 fully saturated rings. The van der Waals surface area contributed by atoms with Crippen LogP contribution in [0.25, 0.3) is 10.9 Å². The Morgan fingerprint density at radius 2 is 1.82 bits per heavy atom. The van der Waals surface area contributed by atoms with Crippen LogP contribution in [0.2, 0.25) is 0 Å². The van der Waals surface area contributed by atoms with E-state index in [4.69, 9.17) is 15.3 Å². The molecule has 1 unspecified atom stereocenters. The molecule has 2 N–H and O–H groups in total. The van der Waals surface area contributed by atoms with Gasteiger partial charge in [0.15, 0.2) is 6.61 Å². The lowest BCUT2D eigenvalue weighted by Gasteiger charge is -2.28. The zero-order chi connectivity index (χ0) is 24.5. The second-order valence-corrected chi connectivity index (χ2v) is 9.56. The van der Waals surface area contributed by atoms with Gasteiger partial charge in [-0.05, 0) is 63.1 Å². The molecule has 2 amide bonds. The smallest absolute Gasteiger partial charge is 0.404 e. The van der Waals surface area contributed by atoms with E-state index in [1.54, 1.807) is 13.8 Å². The van der Waals surface area contributed by atoms with Gasteiger partial charge in [0.2, 0.25) is 5.91 Å². The van der Waals surface area contributed by atoms with Gasteiger partial charge in [-0.1, -0.05) is 23.6 Å². The lowest BCUT2D eigenvalue weighted by Crippen LogP contribution is -2.53. The summed E-state index contributed by atoms with van der Waals surface area (Å²) in [6.45, 7) is 6.34. The number of hydroxylamine groups is 3. The molecule has 2 aliphatic rings. The van der Waals surface area contributed by atoms with Crippen LogP contribution in [0, 0.1) is 5.92 Å². The molecular weight excluding hydrogens is 434 g/mol. The molecule has 2 aliphatic carbocycles. The third-order valence-electron chi connectivity index (χ3n) is 7.70. The van der Waals surface area contributed by atoms with Crippen molar-refractivity contribution in [3.63, 3.8) is 0 Å². The van der Waals surface area contributed by atoms with E-state index in [1.165, 1.54) is 32.6 Å². The van der Waals surface area contributed by atoms with Crippen LogP contribution in [0.1, 0.15) is 70.1 Å². The minimum Gasteiger partial charge on any atom is -0.481 e. The topological polar surface area (TPSA) is 101 Å². The number of carbonyl (C=O) groups excluding carboxylic acids is 3. The van der Waals surface area contributed by atoms with E-state index in [0.717, 1.165) is 35.1 Å². The minimum atomic E-state index is -0.607. The van der Waals surface area contributed by atoms with Gasteiger partial charge in [0.1, 0.15) is 18.8 Å². The van der Waals surface area contributed by atoms with Gasteiger partial charge in [-0.15, -0.1) is 0 Å². The Hall–Kier alpha value is -2.87. The average Bonchev–Trinajstić information content (AvgIpc) is 3.54. The lowest BCUT2D eigenvalue weighted by molar-refractivity contribution is -1.02. The number of quaternary nitrogens is 1. The molecule has 0 radical (unpaired) electrons. The molecule has 34 heavy (non-hydrogen) atoms. The fourth-order valence-electron chi connectivity index (χ4n) is 5.81. The van der Waals surface area contributed by atoms with Gasteiger partial charge in [0, 0.05) is 17.6 Å². The first-order chi connectivity index (χ1) is 16.3. The van der Waals surface area contributed by atoms with Gasteiger partial charge < -0.3 is 15.0 Å². The van der Waals surface area contributed by atoms with Gasteiger partial charge >= 0.3 is 11.9 Å². The van der Waals surface area contributed by atoms with Crippen LogP contribution in [0.15, 0.2) is 18.2 Å². The van der Waals surface area contributed by atoms with Gasteiger partial charge in [-0.2, -0.15) is 0 Å². The summed E-state index contributed by atoms with van der Waals surface area (Å²) in [7, 11) is 0. The lowest BCUT2D eigenvalue weighted by atomic mass is 9.99. The highest BCUT2D eigenvalue weighted by molar-refractivity contribution is 5.97. The number of primary amides is 1. The van der Waals surface area contributed by atoms with E-state index in [-0.39, 0.29) is 29.0 Å². The van der Waals surface area contributed by atoms with Crippen molar-refractivity contribution in [1.82, 2.24) is 4.57 Å². The van der Waals surface area contributed by atoms with Crippen molar-refractivity contribution in [2.24, 2.45) is 11.7 Å². The van der Waals surface area contributed by atoms with Crippen LogP contribution in [0.5, 0.6) is 5.75 Å². The number of hydrogen-bond donors (Lipinski definition) is 1. The summed E-state index contributed by atoms with van der Waals surface area (Å²) in [6, 6.07) is 5.78. The predicted molar refractivity (Wildman–Crippen MR) is 128 cm³/mol. The van der Waals surface area contributed by atoms with E-state index in [2.05, 4.69) is 10.6 Å². The van der Waals surface area contributed by atoms with Crippen LogP contribution >= 0.6 is 0 Å². The zero-order valence-corrected chi connectivity index (χ0v) is 20.5. The number of nitrogens with two attached hydrogens (primary N) is 1. The van der Waals surface area contributed by atoms with E-state index >= 15 is 0 Å². The number of fused-ring (bicyclic) bond motifs is 3. The van der Waals surface area contributed by atoms with Crippen molar-refractivity contribution < 1.29 is 28.6 Å². The number of benzene rings is 1. The third kappa shape index (κ3) is 4.31. The second-order valence-electron chi connectivity index (χ2n) is 9.56. The molecule has 8 heteroatoms. The summed E-state index contributed by atoms with van der Waals surface area (Å²) >= 11 is 0. The number of hydrogen-bond acceptors (Lipinski definition) is 5. The highest BCUT2D eigenvalue weighted by Crippen LogP contribution is 2.45. The van der Waals surface area contributed by atoms with Crippen LogP contribution < -0.4 is 10.5 Å². The minimum absolute atomic E-state index is 0.230. The molecule has 1 aromatic carbocycles. The first kappa shape index (κ1) is 24.3. The molecule has 0 bridgehead atoms. The molecule has 184 valence electrons. The number of amides is 2. The molecule has 2 aromatic rings. The maximum atomic E-state index is 12.6. The molecule has 8 nitrogen and oxygen atoms in total. The molecule has 0 saturated heterocycles. The largest absolute Gasteiger partial charge is 0.481 e. The number of ether oxygens (including phenoxy) is 1. The van der Waals surface area contributed by atoms with E-state index < -0.39 is 5.97 Å². The van der Waals surface area contributed by atoms with Crippen LogP contribution in [-0.2, 0) is 32.2 Å². The number of aromatic nitrogens is 1. The predicted octanol–water partition coefficient (Wildman–Crippen LogP) is 3.59. The maximum Gasteiger partial charge on any atom is 0.404 e. The molecule has 1 heterocycles. The monoisotopic (exact) mass is 470 g/mol. The van der Waals surface area contributed by atoms with E-state index in [9.17, 15) is 14.4 Å². The maximum absolute atomic E-state index is 12.6. The van der Waals surface area contributed by atoms with Crippen LogP contribution in [0.4, 0.5) is 0 Å². The Morgan fingerprint density at radius 1 is 1.12 bits per heavy atom. The molecule has 1 atom stereocenters.